The lowest BCUT2D eigenvalue weighted by Crippen LogP contribution is -2.42. The van der Waals surface area contributed by atoms with Gasteiger partial charge in [-0.3, -0.25) is 0 Å². The predicted molar refractivity (Wildman–Crippen MR) is 84.5 cm³/mol. The zero-order valence-electron chi connectivity index (χ0n) is 13.1. The van der Waals surface area contributed by atoms with Gasteiger partial charge in [-0.15, -0.1) is 0 Å². The molecule has 2 rings (SSSR count). The number of carbonyl (C=O) groups is 1. The fraction of sp³-hybridized carbons (Fsp3) is 0.562. The van der Waals surface area contributed by atoms with Crippen LogP contribution >= 0.6 is 0 Å². The summed E-state index contributed by atoms with van der Waals surface area (Å²) in [7, 11) is 3.66. The van der Waals surface area contributed by atoms with Gasteiger partial charge in [-0.1, -0.05) is 12.1 Å². The minimum absolute atomic E-state index is 0.0289. The number of nitrogens with one attached hydrogen (secondary N) is 2. The summed E-state index contributed by atoms with van der Waals surface area (Å²) in [6.45, 7) is 3.59. The second-order valence-electron chi connectivity index (χ2n) is 5.49. The monoisotopic (exact) mass is 291 g/mol. The van der Waals surface area contributed by atoms with E-state index in [1.807, 2.05) is 30.1 Å². The van der Waals surface area contributed by atoms with Gasteiger partial charge in [0.25, 0.3) is 0 Å². The van der Waals surface area contributed by atoms with Crippen LogP contribution in [0.2, 0.25) is 0 Å². The van der Waals surface area contributed by atoms with Crippen LogP contribution in [0.15, 0.2) is 24.3 Å². The van der Waals surface area contributed by atoms with Crippen molar-refractivity contribution in [2.45, 2.75) is 31.9 Å². The Morgan fingerprint density at radius 1 is 1.38 bits per heavy atom. The molecule has 1 saturated heterocycles. The maximum atomic E-state index is 12.3. The third-order valence-electron chi connectivity index (χ3n) is 4.13. The van der Waals surface area contributed by atoms with Crippen LogP contribution in [-0.2, 0) is 4.74 Å². The number of hydrogen-bond donors (Lipinski definition) is 2. The molecular weight excluding hydrogens is 266 g/mol. The Labute approximate surface area is 126 Å². The van der Waals surface area contributed by atoms with Crippen molar-refractivity contribution in [2.24, 2.45) is 0 Å². The number of carbonyl (C=O) groups excluding carboxylic acids is 1. The molecule has 2 N–H and O–H groups in total. The maximum absolute atomic E-state index is 12.3. The molecule has 21 heavy (non-hydrogen) atoms. The summed E-state index contributed by atoms with van der Waals surface area (Å²) in [5.74, 6) is 0. The second kappa shape index (κ2) is 7.43. The molecule has 1 aromatic rings. The van der Waals surface area contributed by atoms with Crippen molar-refractivity contribution < 1.29 is 9.53 Å². The van der Waals surface area contributed by atoms with Crippen molar-refractivity contribution in [1.82, 2.24) is 10.2 Å². The van der Waals surface area contributed by atoms with E-state index in [0.717, 1.165) is 37.2 Å². The van der Waals surface area contributed by atoms with Crippen LogP contribution in [0.1, 0.15) is 31.4 Å². The minimum atomic E-state index is -0.0289. The minimum Gasteiger partial charge on any atom is -0.381 e. The number of anilines is 1. The molecule has 1 heterocycles. The highest BCUT2D eigenvalue weighted by Gasteiger charge is 2.22. The Hall–Kier alpha value is -1.59. The summed E-state index contributed by atoms with van der Waals surface area (Å²) < 4.78 is 5.33. The number of hydrogen-bond acceptors (Lipinski definition) is 3. The Balaban J connectivity index is 1.94. The van der Waals surface area contributed by atoms with Crippen molar-refractivity contribution in [3.05, 3.63) is 29.8 Å². The molecule has 0 spiro atoms. The first kappa shape index (κ1) is 15.8. The van der Waals surface area contributed by atoms with E-state index >= 15 is 0 Å². The average Bonchev–Trinajstić information content (AvgIpc) is 2.54. The summed E-state index contributed by atoms with van der Waals surface area (Å²) >= 11 is 0. The van der Waals surface area contributed by atoms with Crippen LogP contribution in [0.4, 0.5) is 10.5 Å². The Kier molecular flexibility index (Phi) is 5.59. The fourth-order valence-electron chi connectivity index (χ4n) is 2.55. The highest BCUT2D eigenvalue weighted by molar-refractivity contribution is 5.89. The number of likely N-dealkylation sites (tertiary alicyclic amines) is 1. The normalized spacial score (nSPS) is 17.6. The molecule has 0 saturated carbocycles. The van der Waals surface area contributed by atoms with Gasteiger partial charge >= 0.3 is 6.03 Å². The molecule has 1 fully saturated rings. The highest BCUT2D eigenvalue weighted by Crippen LogP contribution is 2.18. The molecule has 1 atom stereocenters. The number of piperidine rings is 1. The van der Waals surface area contributed by atoms with E-state index in [1.165, 1.54) is 0 Å². The zero-order valence-corrected chi connectivity index (χ0v) is 13.1. The van der Waals surface area contributed by atoms with Gasteiger partial charge in [0.1, 0.15) is 0 Å². The van der Waals surface area contributed by atoms with Gasteiger partial charge < -0.3 is 20.3 Å². The summed E-state index contributed by atoms with van der Waals surface area (Å²) in [4.78, 5) is 14.1. The maximum Gasteiger partial charge on any atom is 0.321 e. The van der Waals surface area contributed by atoms with Gasteiger partial charge in [0.15, 0.2) is 0 Å². The lowest BCUT2D eigenvalue weighted by atomic mass is 10.1. The molecule has 5 nitrogen and oxygen atoms in total. The van der Waals surface area contributed by atoms with Crippen molar-refractivity contribution in [2.75, 3.05) is 32.6 Å². The van der Waals surface area contributed by atoms with E-state index in [4.69, 9.17) is 4.74 Å². The first-order valence-corrected chi connectivity index (χ1v) is 7.50. The molecule has 1 aliphatic heterocycles. The molecule has 5 heteroatoms. The van der Waals surface area contributed by atoms with Gasteiger partial charge in [-0.25, -0.2) is 4.79 Å². The lowest BCUT2D eigenvalue weighted by molar-refractivity contribution is 0.0521. The number of methoxy groups -OCH3 is 1. The van der Waals surface area contributed by atoms with Crippen molar-refractivity contribution >= 4 is 11.7 Å². The van der Waals surface area contributed by atoms with Crippen LogP contribution in [0, 0.1) is 0 Å². The number of amides is 2. The Morgan fingerprint density at radius 3 is 2.71 bits per heavy atom. The van der Waals surface area contributed by atoms with Crippen molar-refractivity contribution in [3.63, 3.8) is 0 Å². The number of ether oxygens (including phenoxy) is 1. The molecule has 2 amide bonds. The zero-order chi connectivity index (χ0) is 15.2. The van der Waals surface area contributed by atoms with E-state index in [9.17, 15) is 4.79 Å². The molecule has 0 bridgehead atoms. The van der Waals surface area contributed by atoms with Crippen LogP contribution in [-0.4, -0.2) is 44.3 Å². The van der Waals surface area contributed by atoms with E-state index < -0.39 is 0 Å². The van der Waals surface area contributed by atoms with Gasteiger partial charge in [0, 0.05) is 31.9 Å². The fourth-order valence-corrected chi connectivity index (χ4v) is 2.55. The smallest absolute Gasteiger partial charge is 0.321 e. The van der Waals surface area contributed by atoms with Crippen LogP contribution in [0.3, 0.4) is 0 Å². The largest absolute Gasteiger partial charge is 0.381 e. The predicted octanol–water partition coefficient (Wildman–Crippen LogP) is 2.61. The van der Waals surface area contributed by atoms with Crippen LogP contribution in [0.5, 0.6) is 0 Å². The number of nitrogens with zero attached hydrogens (tertiary/aromatic N) is 1. The molecule has 0 radical (unpaired) electrons. The van der Waals surface area contributed by atoms with Gasteiger partial charge in [0.2, 0.25) is 0 Å². The van der Waals surface area contributed by atoms with Gasteiger partial charge in [-0.05, 0) is 44.5 Å². The lowest BCUT2D eigenvalue weighted by Gasteiger charge is -2.31. The quantitative estimate of drug-likeness (QED) is 0.896. The molecule has 0 aliphatic carbocycles. The van der Waals surface area contributed by atoms with E-state index in [2.05, 4.69) is 23.6 Å². The third kappa shape index (κ3) is 4.19. The standard InChI is InChI=1S/C16H25N3O2/c1-12(17-2)13-5-4-6-14(11-13)18-16(20)19-9-7-15(21-3)8-10-19/h4-6,11-12,15,17H,7-10H2,1-3H3,(H,18,20). The molecule has 1 aromatic carbocycles. The number of benzene rings is 1. The van der Waals surface area contributed by atoms with Crippen molar-refractivity contribution in [1.29, 1.82) is 0 Å². The van der Waals surface area contributed by atoms with Crippen molar-refractivity contribution in [3.8, 4) is 0 Å². The topological polar surface area (TPSA) is 53.6 Å². The average molecular weight is 291 g/mol. The molecular formula is C16H25N3O2. The SMILES string of the molecule is CNC(C)c1cccc(NC(=O)N2CCC(OC)CC2)c1. The first-order valence-electron chi connectivity index (χ1n) is 7.50. The van der Waals surface area contributed by atoms with E-state index in [1.54, 1.807) is 7.11 Å². The summed E-state index contributed by atoms with van der Waals surface area (Å²) in [5.41, 5.74) is 2.00. The third-order valence-corrected chi connectivity index (χ3v) is 4.13. The van der Waals surface area contributed by atoms with Gasteiger partial charge in [0.05, 0.1) is 6.10 Å². The van der Waals surface area contributed by atoms with E-state index in [-0.39, 0.29) is 18.2 Å². The molecule has 1 unspecified atom stereocenters. The van der Waals surface area contributed by atoms with E-state index in [0.29, 0.717) is 0 Å². The summed E-state index contributed by atoms with van der Waals surface area (Å²) in [5, 5.41) is 6.18. The van der Waals surface area contributed by atoms with Gasteiger partial charge in [-0.2, -0.15) is 0 Å². The Bertz CT molecular complexity index is 470. The first-order chi connectivity index (χ1) is 10.1. The second-order valence-corrected chi connectivity index (χ2v) is 5.49. The molecule has 116 valence electrons. The number of rotatable bonds is 4. The highest BCUT2D eigenvalue weighted by atomic mass is 16.5. The Morgan fingerprint density at radius 2 is 2.10 bits per heavy atom. The number of urea groups is 1. The van der Waals surface area contributed by atoms with Crippen LogP contribution in [0.25, 0.3) is 0 Å². The van der Waals surface area contributed by atoms with Crippen LogP contribution < -0.4 is 10.6 Å². The molecule has 1 aliphatic rings. The molecule has 0 aromatic heterocycles. The summed E-state index contributed by atoms with van der Waals surface area (Å²) in [6, 6.07) is 8.20. The summed E-state index contributed by atoms with van der Waals surface area (Å²) in [6.07, 6.45) is 2.09.